The zero-order valence-electron chi connectivity index (χ0n) is 9.77. The van der Waals surface area contributed by atoms with Crippen LogP contribution in [0.3, 0.4) is 0 Å². The van der Waals surface area contributed by atoms with Gasteiger partial charge in [0.15, 0.2) is 0 Å². The van der Waals surface area contributed by atoms with E-state index in [1.54, 1.807) is 0 Å². The number of ether oxygens (including phenoxy) is 1. The molecule has 0 saturated carbocycles. The summed E-state index contributed by atoms with van der Waals surface area (Å²) in [5.41, 5.74) is -0.468. The van der Waals surface area contributed by atoms with Gasteiger partial charge in [0.2, 0.25) is 11.2 Å². The third-order valence-corrected chi connectivity index (χ3v) is 2.27. The first kappa shape index (κ1) is 13.3. The molecule has 1 heterocycles. The number of carboxylic acids is 1. The highest BCUT2D eigenvalue weighted by molar-refractivity contribution is 5.87. The molecule has 5 heteroatoms. The molecule has 0 aliphatic rings. The molecule has 0 atom stereocenters. The maximum atomic E-state index is 11.4. The molecule has 17 heavy (non-hydrogen) atoms. The summed E-state index contributed by atoms with van der Waals surface area (Å²) >= 11 is 0. The lowest BCUT2D eigenvalue weighted by molar-refractivity contribution is 0.0651. The van der Waals surface area contributed by atoms with Crippen LogP contribution in [-0.4, -0.2) is 17.7 Å². The summed E-state index contributed by atoms with van der Waals surface area (Å²) in [6.45, 7) is 2.42. The van der Waals surface area contributed by atoms with E-state index < -0.39 is 17.2 Å². The topological polar surface area (TPSA) is 76.7 Å². The molecule has 5 nitrogen and oxygen atoms in total. The molecule has 0 saturated heterocycles. The predicted molar refractivity (Wildman–Crippen MR) is 61.6 cm³/mol. The van der Waals surface area contributed by atoms with Crippen LogP contribution in [0.25, 0.3) is 0 Å². The fourth-order valence-corrected chi connectivity index (χ4v) is 1.39. The number of carbonyl (C=O) groups is 1. The van der Waals surface area contributed by atoms with Crippen molar-refractivity contribution >= 4 is 5.97 Å². The van der Waals surface area contributed by atoms with E-state index in [0.717, 1.165) is 38.0 Å². The Hall–Kier alpha value is -1.78. The number of carboxylic acid groups (broad SMARTS) is 1. The van der Waals surface area contributed by atoms with Crippen LogP contribution in [0.2, 0.25) is 0 Å². The Balaban J connectivity index is 2.63. The summed E-state index contributed by atoms with van der Waals surface area (Å²) in [4.78, 5) is 22.2. The predicted octanol–water partition coefficient (Wildman–Crippen LogP) is 2.30. The first-order valence-corrected chi connectivity index (χ1v) is 5.64. The molecule has 0 aromatic carbocycles. The van der Waals surface area contributed by atoms with Crippen molar-refractivity contribution < 1.29 is 19.1 Å². The molecule has 1 N–H and O–H groups in total. The average molecular weight is 240 g/mol. The van der Waals surface area contributed by atoms with Gasteiger partial charge < -0.3 is 14.3 Å². The summed E-state index contributed by atoms with van der Waals surface area (Å²) in [7, 11) is 0. The van der Waals surface area contributed by atoms with Gasteiger partial charge in [-0.15, -0.1) is 0 Å². The van der Waals surface area contributed by atoms with Crippen LogP contribution in [0.15, 0.2) is 21.5 Å². The summed E-state index contributed by atoms with van der Waals surface area (Å²) in [5.74, 6) is -1.95. The molecular formula is C12H16O5. The van der Waals surface area contributed by atoms with E-state index in [1.807, 2.05) is 0 Å². The van der Waals surface area contributed by atoms with Crippen molar-refractivity contribution in [3.8, 4) is 5.75 Å². The normalized spacial score (nSPS) is 10.2. The average Bonchev–Trinajstić information content (AvgIpc) is 2.30. The Bertz CT molecular complexity index is 421. The smallest absolute Gasteiger partial charge is 0.375 e. The molecule has 1 aromatic rings. The summed E-state index contributed by atoms with van der Waals surface area (Å²) in [5, 5.41) is 8.82. The Kier molecular flexibility index (Phi) is 5.26. The van der Waals surface area contributed by atoms with Crippen molar-refractivity contribution in [2.45, 2.75) is 32.6 Å². The molecule has 1 aromatic heterocycles. The minimum Gasteiger partial charge on any atom is -0.486 e. The molecule has 0 aliphatic heterocycles. The maximum Gasteiger partial charge on any atom is 0.375 e. The fraction of sp³-hybridized carbons (Fsp3) is 0.500. The third kappa shape index (κ3) is 3.94. The molecule has 94 valence electrons. The monoisotopic (exact) mass is 240 g/mol. The fourth-order valence-electron chi connectivity index (χ4n) is 1.39. The Labute approximate surface area is 99.0 Å². The number of hydrogen-bond acceptors (Lipinski definition) is 4. The number of rotatable bonds is 7. The molecule has 0 spiro atoms. The molecule has 0 amide bonds. The standard InChI is InChI=1S/C12H16O5/c1-2-3-4-5-7-16-10-9(13)6-8-17-11(10)12(14)15/h6,8H,2-5,7H2,1H3,(H,14,15). The van der Waals surface area contributed by atoms with Gasteiger partial charge in [0, 0.05) is 6.07 Å². The van der Waals surface area contributed by atoms with Gasteiger partial charge in [-0.3, -0.25) is 4.79 Å². The molecule has 0 radical (unpaired) electrons. The van der Waals surface area contributed by atoms with Crippen molar-refractivity contribution in [1.29, 1.82) is 0 Å². The Morgan fingerprint density at radius 2 is 2.18 bits per heavy atom. The molecular weight excluding hydrogens is 224 g/mol. The van der Waals surface area contributed by atoms with Crippen molar-refractivity contribution in [2.75, 3.05) is 6.61 Å². The van der Waals surface area contributed by atoms with Crippen LogP contribution in [-0.2, 0) is 0 Å². The van der Waals surface area contributed by atoms with Crippen molar-refractivity contribution in [1.82, 2.24) is 0 Å². The minimum atomic E-state index is -1.30. The van der Waals surface area contributed by atoms with Crippen LogP contribution in [0.5, 0.6) is 5.75 Å². The van der Waals surface area contributed by atoms with Gasteiger partial charge in [-0.2, -0.15) is 0 Å². The maximum absolute atomic E-state index is 11.4. The van der Waals surface area contributed by atoms with Crippen molar-refractivity contribution in [3.05, 3.63) is 28.3 Å². The van der Waals surface area contributed by atoms with Gasteiger partial charge in [0.25, 0.3) is 5.76 Å². The molecule has 0 fully saturated rings. The zero-order valence-corrected chi connectivity index (χ0v) is 9.77. The molecule has 0 aliphatic carbocycles. The van der Waals surface area contributed by atoms with Gasteiger partial charge >= 0.3 is 5.97 Å². The minimum absolute atomic E-state index is 0.212. The van der Waals surface area contributed by atoms with Crippen LogP contribution in [0.4, 0.5) is 0 Å². The summed E-state index contributed by atoms with van der Waals surface area (Å²) in [6, 6.07) is 1.15. The third-order valence-electron chi connectivity index (χ3n) is 2.27. The number of aromatic carboxylic acids is 1. The molecule has 0 unspecified atom stereocenters. The lowest BCUT2D eigenvalue weighted by Crippen LogP contribution is -2.13. The molecule has 0 bridgehead atoms. The Morgan fingerprint density at radius 3 is 2.82 bits per heavy atom. The summed E-state index contributed by atoms with van der Waals surface area (Å²) < 4.78 is 9.94. The second-order valence-electron chi connectivity index (χ2n) is 3.66. The number of hydrogen-bond donors (Lipinski definition) is 1. The van der Waals surface area contributed by atoms with E-state index in [-0.39, 0.29) is 5.75 Å². The van der Waals surface area contributed by atoms with Gasteiger partial charge in [-0.05, 0) is 6.42 Å². The van der Waals surface area contributed by atoms with E-state index in [9.17, 15) is 9.59 Å². The highest BCUT2D eigenvalue weighted by atomic mass is 16.5. The SMILES string of the molecule is CCCCCCOc1c(C(=O)O)occc1=O. The van der Waals surface area contributed by atoms with Gasteiger partial charge in [0.1, 0.15) is 0 Å². The van der Waals surface area contributed by atoms with Crippen molar-refractivity contribution in [2.24, 2.45) is 0 Å². The second-order valence-corrected chi connectivity index (χ2v) is 3.66. The van der Waals surface area contributed by atoms with Gasteiger partial charge in [0.05, 0.1) is 12.9 Å². The van der Waals surface area contributed by atoms with E-state index in [2.05, 4.69) is 6.92 Å². The van der Waals surface area contributed by atoms with E-state index >= 15 is 0 Å². The van der Waals surface area contributed by atoms with Crippen LogP contribution < -0.4 is 10.2 Å². The second kappa shape index (κ2) is 6.73. The van der Waals surface area contributed by atoms with Gasteiger partial charge in [-0.1, -0.05) is 26.2 Å². The van der Waals surface area contributed by atoms with Crippen LogP contribution in [0, 0.1) is 0 Å². The molecule has 1 rings (SSSR count). The van der Waals surface area contributed by atoms with E-state index in [0.29, 0.717) is 6.61 Å². The van der Waals surface area contributed by atoms with Crippen LogP contribution in [0.1, 0.15) is 43.2 Å². The lowest BCUT2D eigenvalue weighted by atomic mass is 10.2. The van der Waals surface area contributed by atoms with E-state index in [4.69, 9.17) is 14.3 Å². The largest absolute Gasteiger partial charge is 0.486 e. The highest BCUT2D eigenvalue weighted by Gasteiger charge is 2.17. The quantitative estimate of drug-likeness (QED) is 0.740. The first-order chi connectivity index (χ1) is 8.16. The summed E-state index contributed by atoms with van der Waals surface area (Å²) in [6.07, 6.45) is 5.04. The first-order valence-electron chi connectivity index (χ1n) is 5.64. The highest BCUT2D eigenvalue weighted by Crippen LogP contribution is 2.13. The van der Waals surface area contributed by atoms with Gasteiger partial charge in [-0.25, -0.2) is 4.79 Å². The number of unbranched alkanes of at least 4 members (excludes halogenated alkanes) is 3. The Morgan fingerprint density at radius 1 is 1.41 bits per heavy atom. The van der Waals surface area contributed by atoms with Crippen LogP contribution >= 0.6 is 0 Å². The van der Waals surface area contributed by atoms with Crippen molar-refractivity contribution in [3.63, 3.8) is 0 Å². The lowest BCUT2D eigenvalue weighted by Gasteiger charge is -2.06. The van der Waals surface area contributed by atoms with E-state index in [1.165, 1.54) is 0 Å². The zero-order chi connectivity index (χ0) is 12.7.